The molecule has 1 saturated carbocycles. The van der Waals surface area contributed by atoms with E-state index in [0.717, 1.165) is 24.2 Å². The van der Waals surface area contributed by atoms with Crippen LogP contribution in [0.25, 0.3) is 5.57 Å². The molecule has 2 aromatic rings. The Morgan fingerprint density at radius 3 is 2.50 bits per heavy atom. The summed E-state index contributed by atoms with van der Waals surface area (Å²) in [6, 6.07) is 12.3. The van der Waals surface area contributed by atoms with Gasteiger partial charge in [0.05, 0.1) is 17.1 Å². The van der Waals surface area contributed by atoms with Crippen molar-refractivity contribution in [3.05, 3.63) is 48.0 Å². The Morgan fingerprint density at radius 2 is 1.83 bits per heavy atom. The molecule has 0 spiro atoms. The first-order chi connectivity index (χ1) is 11.8. The van der Waals surface area contributed by atoms with E-state index in [1.54, 1.807) is 12.3 Å². The predicted molar refractivity (Wildman–Crippen MR) is 94.1 cm³/mol. The van der Waals surface area contributed by atoms with Crippen LogP contribution in [0.1, 0.15) is 31.4 Å². The second-order valence-electron chi connectivity index (χ2n) is 6.05. The molecule has 4 rings (SSSR count). The molecule has 1 aromatic carbocycles. The summed E-state index contributed by atoms with van der Waals surface area (Å²) >= 11 is 0. The van der Waals surface area contributed by atoms with Crippen molar-refractivity contribution in [1.82, 2.24) is 9.97 Å². The maximum Gasteiger partial charge on any atom is 0.223 e. The lowest BCUT2D eigenvalue weighted by Crippen LogP contribution is -2.17. The van der Waals surface area contributed by atoms with Gasteiger partial charge in [-0.3, -0.25) is 0 Å². The highest BCUT2D eigenvalue weighted by molar-refractivity contribution is 5.89. The van der Waals surface area contributed by atoms with Gasteiger partial charge in [-0.05, 0) is 31.0 Å². The Bertz CT molecular complexity index is 802. The maximum absolute atomic E-state index is 9.63. The monoisotopic (exact) mass is 318 g/mol. The summed E-state index contributed by atoms with van der Waals surface area (Å²) < 4.78 is 0. The van der Waals surface area contributed by atoms with Crippen molar-refractivity contribution in [3.63, 3.8) is 0 Å². The molecular formula is C18H18N6. The van der Waals surface area contributed by atoms with Crippen LogP contribution in [0.3, 0.4) is 0 Å². The van der Waals surface area contributed by atoms with Crippen LogP contribution >= 0.6 is 0 Å². The lowest BCUT2D eigenvalue weighted by Gasteiger charge is -2.12. The van der Waals surface area contributed by atoms with Gasteiger partial charge in [-0.2, -0.15) is 5.26 Å². The number of anilines is 3. The van der Waals surface area contributed by atoms with Gasteiger partial charge in [0, 0.05) is 12.2 Å². The Labute approximate surface area is 140 Å². The van der Waals surface area contributed by atoms with Crippen molar-refractivity contribution in [2.24, 2.45) is 0 Å². The quantitative estimate of drug-likeness (QED) is 0.750. The average molecular weight is 318 g/mol. The smallest absolute Gasteiger partial charge is 0.223 e. The zero-order valence-electron chi connectivity index (χ0n) is 13.2. The highest BCUT2D eigenvalue weighted by Gasteiger charge is 2.20. The van der Waals surface area contributed by atoms with E-state index in [9.17, 15) is 5.26 Å². The number of aromatic nitrogens is 2. The highest BCUT2D eigenvalue weighted by Crippen LogP contribution is 2.32. The zero-order chi connectivity index (χ0) is 16.4. The van der Waals surface area contributed by atoms with E-state index < -0.39 is 0 Å². The molecule has 0 saturated heterocycles. The summed E-state index contributed by atoms with van der Waals surface area (Å²) in [7, 11) is 0. The van der Waals surface area contributed by atoms with E-state index >= 15 is 0 Å². The lowest BCUT2D eigenvalue weighted by molar-refractivity contribution is 0.743. The molecule has 0 radical (unpaired) electrons. The minimum absolute atomic E-state index is 0.436. The van der Waals surface area contributed by atoms with Crippen LogP contribution in [-0.4, -0.2) is 16.0 Å². The molecule has 6 nitrogen and oxygen atoms in total. The van der Waals surface area contributed by atoms with Crippen LogP contribution in [0.15, 0.2) is 42.3 Å². The fraction of sp³-hybridized carbons (Fsp3) is 0.278. The van der Waals surface area contributed by atoms with Gasteiger partial charge in [0.1, 0.15) is 17.5 Å². The van der Waals surface area contributed by atoms with Crippen LogP contribution in [0.5, 0.6) is 0 Å². The number of fused-ring (bicyclic) bond motifs is 1. The molecule has 2 heterocycles. The SMILES string of the molecule is N#CC(=C1Nc2ccccc2N1)c1ccnc(NC2CCCC2)n1. The van der Waals surface area contributed by atoms with Gasteiger partial charge < -0.3 is 16.0 Å². The third kappa shape index (κ3) is 2.76. The second-order valence-corrected chi connectivity index (χ2v) is 6.05. The molecule has 2 aliphatic rings. The van der Waals surface area contributed by atoms with E-state index in [1.165, 1.54) is 12.8 Å². The first-order valence-corrected chi connectivity index (χ1v) is 8.21. The van der Waals surface area contributed by atoms with E-state index in [2.05, 4.69) is 32.0 Å². The van der Waals surface area contributed by atoms with E-state index in [1.807, 2.05) is 24.3 Å². The fourth-order valence-corrected chi connectivity index (χ4v) is 3.19. The van der Waals surface area contributed by atoms with Gasteiger partial charge in [-0.15, -0.1) is 0 Å². The van der Waals surface area contributed by atoms with Crippen LogP contribution in [0.2, 0.25) is 0 Å². The third-order valence-corrected chi connectivity index (χ3v) is 4.41. The van der Waals surface area contributed by atoms with E-state index in [0.29, 0.717) is 29.1 Å². The topological polar surface area (TPSA) is 85.7 Å². The summed E-state index contributed by atoms with van der Waals surface area (Å²) in [5.41, 5.74) is 3.00. The Morgan fingerprint density at radius 1 is 1.12 bits per heavy atom. The number of hydrogen-bond acceptors (Lipinski definition) is 6. The van der Waals surface area contributed by atoms with Crippen LogP contribution in [0.4, 0.5) is 17.3 Å². The van der Waals surface area contributed by atoms with Crippen LogP contribution in [-0.2, 0) is 0 Å². The van der Waals surface area contributed by atoms with Gasteiger partial charge in [0.25, 0.3) is 0 Å². The van der Waals surface area contributed by atoms with Gasteiger partial charge in [0.2, 0.25) is 5.95 Å². The number of para-hydroxylation sites is 2. The summed E-state index contributed by atoms with van der Waals surface area (Å²) in [6.07, 6.45) is 6.49. The van der Waals surface area contributed by atoms with Gasteiger partial charge in [0.15, 0.2) is 0 Å². The van der Waals surface area contributed by atoms with Crippen molar-refractivity contribution in [1.29, 1.82) is 5.26 Å². The van der Waals surface area contributed by atoms with E-state index in [-0.39, 0.29) is 0 Å². The number of nitrogens with one attached hydrogen (secondary N) is 3. The Balaban J connectivity index is 1.62. The Kier molecular flexibility index (Phi) is 3.75. The van der Waals surface area contributed by atoms with E-state index in [4.69, 9.17) is 0 Å². The predicted octanol–water partition coefficient (Wildman–Crippen LogP) is 3.56. The lowest BCUT2D eigenvalue weighted by atomic mass is 10.2. The van der Waals surface area contributed by atoms with Crippen molar-refractivity contribution in [2.45, 2.75) is 31.7 Å². The molecule has 1 aliphatic heterocycles. The van der Waals surface area contributed by atoms with Crippen molar-refractivity contribution in [2.75, 3.05) is 16.0 Å². The summed E-state index contributed by atoms with van der Waals surface area (Å²) in [4.78, 5) is 8.82. The molecule has 120 valence electrons. The molecule has 6 heteroatoms. The summed E-state index contributed by atoms with van der Waals surface area (Å²) in [5.74, 6) is 1.24. The number of hydrogen-bond donors (Lipinski definition) is 3. The summed E-state index contributed by atoms with van der Waals surface area (Å²) in [5, 5.41) is 19.5. The number of nitrogens with zero attached hydrogens (tertiary/aromatic N) is 3. The number of nitriles is 1. The standard InChI is InChI=1S/C18H18N6/c19-11-13(17-22-15-7-3-4-8-16(15)23-17)14-9-10-20-18(24-14)21-12-5-1-2-6-12/h3-4,7-10,12,22-23H,1-2,5-6H2,(H,20,21,24). The maximum atomic E-state index is 9.63. The average Bonchev–Trinajstić information content (AvgIpc) is 3.25. The van der Waals surface area contributed by atoms with Crippen LogP contribution in [0, 0.1) is 11.3 Å². The van der Waals surface area contributed by atoms with Gasteiger partial charge in [-0.25, -0.2) is 9.97 Å². The number of rotatable bonds is 3. The zero-order valence-corrected chi connectivity index (χ0v) is 13.2. The van der Waals surface area contributed by atoms with Gasteiger partial charge in [-0.1, -0.05) is 25.0 Å². The number of benzene rings is 1. The molecule has 0 unspecified atom stereocenters. The number of allylic oxidation sites excluding steroid dienone is 1. The Hall–Kier alpha value is -3.07. The largest absolute Gasteiger partial charge is 0.351 e. The molecule has 3 N–H and O–H groups in total. The second kappa shape index (κ2) is 6.20. The highest BCUT2D eigenvalue weighted by atomic mass is 15.2. The molecule has 0 bridgehead atoms. The molecule has 0 atom stereocenters. The third-order valence-electron chi connectivity index (χ3n) is 4.41. The van der Waals surface area contributed by atoms with Gasteiger partial charge >= 0.3 is 0 Å². The molecule has 1 aromatic heterocycles. The molecular weight excluding hydrogens is 300 g/mol. The van der Waals surface area contributed by atoms with Crippen molar-refractivity contribution in [3.8, 4) is 6.07 Å². The summed E-state index contributed by atoms with van der Waals surface area (Å²) in [6.45, 7) is 0. The normalized spacial score (nSPS) is 16.0. The first-order valence-electron chi connectivity index (χ1n) is 8.21. The minimum atomic E-state index is 0.436. The molecule has 0 amide bonds. The van der Waals surface area contributed by atoms with Crippen molar-refractivity contribution >= 4 is 22.9 Å². The minimum Gasteiger partial charge on any atom is -0.351 e. The van der Waals surface area contributed by atoms with Crippen LogP contribution < -0.4 is 16.0 Å². The molecule has 24 heavy (non-hydrogen) atoms. The molecule has 1 fully saturated rings. The fourth-order valence-electron chi connectivity index (χ4n) is 3.19. The molecule has 1 aliphatic carbocycles. The first kappa shape index (κ1) is 14.5. The van der Waals surface area contributed by atoms with Crippen molar-refractivity contribution < 1.29 is 0 Å².